The summed E-state index contributed by atoms with van der Waals surface area (Å²) in [4.78, 5) is 0. The van der Waals surface area contributed by atoms with Gasteiger partial charge in [0.2, 0.25) is 0 Å². The van der Waals surface area contributed by atoms with Crippen molar-refractivity contribution in [1.29, 1.82) is 0 Å². The molecule has 2 rings (SSSR count). The first-order valence-corrected chi connectivity index (χ1v) is 3.33. The summed E-state index contributed by atoms with van der Waals surface area (Å²) in [6, 6.07) is 7.82. The van der Waals surface area contributed by atoms with Gasteiger partial charge in [-0.2, -0.15) is 0 Å². The molecule has 1 atom stereocenters. The van der Waals surface area contributed by atoms with Crippen molar-refractivity contribution in [1.82, 2.24) is 0 Å². The van der Waals surface area contributed by atoms with Crippen molar-refractivity contribution in [2.24, 2.45) is 0 Å². The maximum atomic E-state index is 5.57. The predicted octanol–water partition coefficient (Wildman–Crippen LogP) is 1.34. The third-order valence-corrected chi connectivity index (χ3v) is 1.62. The SMILES string of the molecule is Nc1cccc(C2CO2)c1. The van der Waals surface area contributed by atoms with E-state index in [1.807, 2.05) is 24.3 Å². The quantitative estimate of drug-likeness (QED) is 0.466. The van der Waals surface area contributed by atoms with Crippen molar-refractivity contribution < 1.29 is 4.74 Å². The number of nitrogen functional groups attached to an aromatic ring is 1. The van der Waals surface area contributed by atoms with Gasteiger partial charge in [-0.1, -0.05) is 12.1 Å². The summed E-state index contributed by atoms with van der Waals surface area (Å²) < 4.78 is 5.09. The number of benzene rings is 1. The summed E-state index contributed by atoms with van der Waals surface area (Å²) in [5.74, 6) is 0. The molecule has 1 aliphatic heterocycles. The fourth-order valence-electron chi connectivity index (χ4n) is 1.000. The molecular weight excluding hydrogens is 126 g/mol. The Morgan fingerprint density at radius 1 is 1.50 bits per heavy atom. The molecule has 1 fully saturated rings. The monoisotopic (exact) mass is 135 g/mol. The molecule has 1 heterocycles. The van der Waals surface area contributed by atoms with Gasteiger partial charge in [-0.3, -0.25) is 0 Å². The molecule has 0 aliphatic carbocycles. The third kappa shape index (κ3) is 0.977. The minimum Gasteiger partial charge on any atom is -0.399 e. The van der Waals surface area contributed by atoms with Crippen LogP contribution in [0.4, 0.5) is 5.69 Å². The number of anilines is 1. The average Bonchev–Trinajstić information content (AvgIpc) is 2.68. The van der Waals surface area contributed by atoms with Gasteiger partial charge in [-0.25, -0.2) is 0 Å². The largest absolute Gasteiger partial charge is 0.399 e. The van der Waals surface area contributed by atoms with Crippen LogP contribution < -0.4 is 5.73 Å². The number of ether oxygens (including phenoxy) is 1. The van der Waals surface area contributed by atoms with E-state index >= 15 is 0 Å². The first kappa shape index (κ1) is 5.74. The highest BCUT2D eigenvalue weighted by molar-refractivity contribution is 5.41. The minimum absolute atomic E-state index is 0.323. The lowest BCUT2D eigenvalue weighted by Crippen LogP contribution is -1.86. The Kier molecular flexibility index (Phi) is 1.14. The summed E-state index contributed by atoms with van der Waals surface area (Å²) >= 11 is 0. The fourth-order valence-corrected chi connectivity index (χ4v) is 1.000. The van der Waals surface area contributed by atoms with Crippen LogP contribution in [0.1, 0.15) is 11.7 Å². The molecule has 0 amide bonds. The molecular formula is C8H9NO. The van der Waals surface area contributed by atoms with Gasteiger partial charge in [0.05, 0.1) is 6.61 Å². The van der Waals surface area contributed by atoms with E-state index in [4.69, 9.17) is 10.5 Å². The summed E-state index contributed by atoms with van der Waals surface area (Å²) in [6.07, 6.45) is 0.323. The van der Waals surface area contributed by atoms with Crippen LogP contribution in [0.5, 0.6) is 0 Å². The molecule has 0 bridgehead atoms. The second-order valence-electron chi connectivity index (χ2n) is 2.49. The van der Waals surface area contributed by atoms with Crippen LogP contribution in [-0.2, 0) is 4.74 Å². The zero-order chi connectivity index (χ0) is 6.97. The van der Waals surface area contributed by atoms with Gasteiger partial charge < -0.3 is 10.5 Å². The molecule has 1 saturated heterocycles. The van der Waals surface area contributed by atoms with Crippen LogP contribution in [0.3, 0.4) is 0 Å². The Morgan fingerprint density at radius 2 is 2.30 bits per heavy atom. The molecule has 2 N–H and O–H groups in total. The molecule has 10 heavy (non-hydrogen) atoms. The standard InChI is InChI=1S/C8H9NO/c9-7-3-1-2-6(4-7)8-5-10-8/h1-4,8H,5,9H2. The van der Waals surface area contributed by atoms with Crippen molar-refractivity contribution in [2.45, 2.75) is 6.10 Å². The van der Waals surface area contributed by atoms with Gasteiger partial charge >= 0.3 is 0 Å². The van der Waals surface area contributed by atoms with Crippen LogP contribution in [0, 0.1) is 0 Å². The summed E-state index contributed by atoms with van der Waals surface area (Å²) in [5, 5.41) is 0. The summed E-state index contributed by atoms with van der Waals surface area (Å²) in [5.41, 5.74) is 7.58. The van der Waals surface area contributed by atoms with Crippen LogP contribution in [0.25, 0.3) is 0 Å². The van der Waals surface area contributed by atoms with Gasteiger partial charge in [-0.15, -0.1) is 0 Å². The highest BCUT2D eigenvalue weighted by Crippen LogP contribution is 2.30. The van der Waals surface area contributed by atoms with E-state index in [9.17, 15) is 0 Å². The summed E-state index contributed by atoms with van der Waals surface area (Å²) in [6.45, 7) is 0.851. The van der Waals surface area contributed by atoms with Crippen molar-refractivity contribution in [3.8, 4) is 0 Å². The number of hydrogen-bond donors (Lipinski definition) is 1. The van der Waals surface area contributed by atoms with Gasteiger partial charge in [0.15, 0.2) is 0 Å². The van der Waals surface area contributed by atoms with E-state index in [0.717, 1.165) is 12.3 Å². The van der Waals surface area contributed by atoms with E-state index in [1.54, 1.807) is 0 Å². The molecule has 1 aromatic carbocycles. The first-order chi connectivity index (χ1) is 4.86. The third-order valence-electron chi connectivity index (χ3n) is 1.62. The lowest BCUT2D eigenvalue weighted by molar-refractivity contribution is 0.415. The van der Waals surface area contributed by atoms with Crippen LogP contribution >= 0.6 is 0 Å². The summed E-state index contributed by atoms with van der Waals surface area (Å²) in [7, 11) is 0. The minimum atomic E-state index is 0.323. The first-order valence-electron chi connectivity index (χ1n) is 3.33. The van der Waals surface area contributed by atoms with Crippen LogP contribution in [0.15, 0.2) is 24.3 Å². The molecule has 1 aliphatic rings. The predicted molar refractivity (Wildman–Crippen MR) is 39.5 cm³/mol. The fraction of sp³-hybridized carbons (Fsp3) is 0.250. The smallest absolute Gasteiger partial charge is 0.106 e. The molecule has 1 aromatic rings. The molecule has 0 aromatic heterocycles. The van der Waals surface area contributed by atoms with Gasteiger partial charge in [0.25, 0.3) is 0 Å². The molecule has 0 radical (unpaired) electrons. The molecule has 0 saturated carbocycles. The van der Waals surface area contributed by atoms with E-state index in [1.165, 1.54) is 5.56 Å². The molecule has 2 heteroatoms. The van der Waals surface area contributed by atoms with Crippen molar-refractivity contribution in [3.05, 3.63) is 29.8 Å². The van der Waals surface area contributed by atoms with E-state index in [2.05, 4.69) is 0 Å². The molecule has 0 spiro atoms. The highest BCUT2D eigenvalue weighted by Gasteiger charge is 2.24. The zero-order valence-corrected chi connectivity index (χ0v) is 5.58. The molecule has 1 unspecified atom stereocenters. The second kappa shape index (κ2) is 1.99. The van der Waals surface area contributed by atoms with Crippen molar-refractivity contribution in [2.75, 3.05) is 12.3 Å². The van der Waals surface area contributed by atoms with E-state index in [0.29, 0.717) is 6.10 Å². The van der Waals surface area contributed by atoms with E-state index in [-0.39, 0.29) is 0 Å². The Labute approximate surface area is 59.6 Å². The number of nitrogens with two attached hydrogens (primary N) is 1. The van der Waals surface area contributed by atoms with Gasteiger partial charge in [0.1, 0.15) is 6.10 Å². The Hall–Kier alpha value is -1.02. The Morgan fingerprint density at radius 3 is 2.90 bits per heavy atom. The number of rotatable bonds is 1. The van der Waals surface area contributed by atoms with Crippen molar-refractivity contribution in [3.63, 3.8) is 0 Å². The van der Waals surface area contributed by atoms with Crippen molar-refractivity contribution >= 4 is 5.69 Å². The topological polar surface area (TPSA) is 38.5 Å². The van der Waals surface area contributed by atoms with Gasteiger partial charge in [0, 0.05) is 5.69 Å². The average molecular weight is 135 g/mol. The lowest BCUT2D eigenvalue weighted by Gasteiger charge is -1.95. The number of hydrogen-bond acceptors (Lipinski definition) is 2. The second-order valence-corrected chi connectivity index (χ2v) is 2.49. The number of epoxide rings is 1. The highest BCUT2D eigenvalue weighted by atomic mass is 16.6. The van der Waals surface area contributed by atoms with Crippen LogP contribution in [0.2, 0.25) is 0 Å². The molecule has 2 nitrogen and oxygen atoms in total. The van der Waals surface area contributed by atoms with Crippen LogP contribution in [-0.4, -0.2) is 6.61 Å². The maximum absolute atomic E-state index is 5.57. The zero-order valence-electron chi connectivity index (χ0n) is 5.58. The maximum Gasteiger partial charge on any atom is 0.106 e. The van der Waals surface area contributed by atoms with Gasteiger partial charge in [-0.05, 0) is 17.7 Å². The lowest BCUT2D eigenvalue weighted by atomic mass is 10.1. The Bertz CT molecular complexity index is 243. The normalized spacial score (nSPS) is 22.6. The molecule has 52 valence electrons. The van der Waals surface area contributed by atoms with E-state index < -0.39 is 0 Å². The Balaban J connectivity index is 2.32.